The summed E-state index contributed by atoms with van der Waals surface area (Å²) in [6.45, 7) is 9.33. The average molecular weight is 290 g/mol. The van der Waals surface area contributed by atoms with Gasteiger partial charge in [0.1, 0.15) is 13.2 Å². The third kappa shape index (κ3) is 5.06. The van der Waals surface area contributed by atoms with Gasteiger partial charge in [0, 0.05) is 0 Å². The van der Waals surface area contributed by atoms with Gasteiger partial charge in [-0.15, -0.1) is 0 Å². The van der Waals surface area contributed by atoms with E-state index in [1.165, 1.54) is 0 Å². The first-order valence-electron chi connectivity index (χ1n) is 6.97. The lowest BCUT2D eigenvalue weighted by molar-refractivity contribution is -0.155. The van der Waals surface area contributed by atoms with Gasteiger partial charge in [-0.1, -0.05) is 31.7 Å². The lowest BCUT2D eigenvalue weighted by atomic mass is 9.91. The van der Waals surface area contributed by atoms with Gasteiger partial charge in [0.25, 0.3) is 0 Å². The van der Waals surface area contributed by atoms with Gasteiger partial charge in [0.2, 0.25) is 0 Å². The molecule has 0 heterocycles. The van der Waals surface area contributed by atoms with E-state index < -0.39 is 11.4 Å². The van der Waals surface area contributed by atoms with Crippen LogP contribution in [0.4, 0.5) is 0 Å². The molecule has 4 nitrogen and oxygen atoms in total. The van der Waals surface area contributed by atoms with Gasteiger partial charge in [0.15, 0.2) is 0 Å². The molecular formula is C17H22O4. The highest BCUT2D eigenvalue weighted by atomic mass is 16.6. The predicted octanol–water partition coefficient (Wildman–Crippen LogP) is 3.47. The highest BCUT2D eigenvalue weighted by molar-refractivity contribution is 5.89. The monoisotopic (exact) mass is 290 g/mol. The van der Waals surface area contributed by atoms with Crippen LogP contribution in [-0.4, -0.2) is 25.2 Å². The Morgan fingerprint density at radius 2 is 1.71 bits per heavy atom. The summed E-state index contributed by atoms with van der Waals surface area (Å²) in [5, 5.41) is 0. The fourth-order valence-corrected chi connectivity index (χ4v) is 1.45. The van der Waals surface area contributed by atoms with Crippen LogP contribution in [0.5, 0.6) is 0 Å². The second kappa shape index (κ2) is 7.62. The van der Waals surface area contributed by atoms with Crippen molar-refractivity contribution in [3.8, 4) is 0 Å². The van der Waals surface area contributed by atoms with E-state index in [1.807, 2.05) is 20.8 Å². The molecule has 0 amide bonds. The van der Waals surface area contributed by atoms with Crippen molar-refractivity contribution in [3.63, 3.8) is 0 Å². The van der Waals surface area contributed by atoms with Crippen molar-refractivity contribution in [2.75, 3.05) is 13.2 Å². The number of hydrogen-bond donors (Lipinski definition) is 0. The van der Waals surface area contributed by atoms with Gasteiger partial charge in [-0.3, -0.25) is 4.79 Å². The molecular weight excluding hydrogens is 268 g/mol. The minimum absolute atomic E-state index is 0.0492. The number of hydrogen-bond acceptors (Lipinski definition) is 4. The van der Waals surface area contributed by atoms with E-state index in [9.17, 15) is 9.59 Å². The van der Waals surface area contributed by atoms with Crippen molar-refractivity contribution < 1.29 is 19.1 Å². The Bertz CT molecular complexity index is 500. The molecule has 0 atom stereocenters. The first-order chi connectivity index (χ1) is 9.90. The van der Waals surface area contributed by atoms with E-state index in [2.05, 4.69) is 6.58 Å². The fraction of sp³-hybridized carbons (Fsp3) is 0.412. The highest BCUT2D eigenvalue weighted by Gasteiger charge is 2.26. The fourth-order valence-electron chi connectivity index (χ4n) is 1.45. The SMILES string of the molecule is C=Cc1ccc(C(=O)OCCOC(=O)C(C)(C)CC)cc1. The van der Waals surface area contributed by atoms with Crippen LogP contribution in [0.15, 0.2) is 30.8 Å². The Hall–Kier alpha value is -2.10. The van der Waals surface area contributed by atoms with E-state index >= 15 is 0 Å². The Kier molecular flexibility index (Phi) is 6.15. The van der Waals surface area contributed by atoms with Crippen molar-refractivity contribution >= 4 is 18.0 Å². The predicted molar refractivity (Wildman–Crippen MR) is 81.8 cm³/mol. The first-order valence-corrected chi connectivity index (χ1v) is 6.97. The van der Waals surface area contributed by atoms with Gasteiger partial charge in [-0.25, -0.2) is 4.79 Å². The summed E-state index contributed by atoms with van der Waals surface area (Å²) in [4.78, 5) is 23.5. The largest absolute Gasteiger partial charge is 0.462 e. The molecule has 0 saturated carbocycles. The third-order valence-corrected chi connectivity index (χ3v) is 3.37. The zero-order valence-corrected chi connectivity index (χ0v) is 12.8. The summed E-state index contributed by atoms with van der Waals surface area (Å²) in [6, 6.07) is 6.91. The van der Waals surface area contributed by atoms with E-state index in [1.54, 1.807) is 30.3 Å². The summed E-state index contributed by atoms with van der Waals surface area (Å²) >= 11 is 0. The van der Waals surface area contributed by atoms with Crippen molar-refractivity contribution in [1.82, 2.24) is 0 Å². The average Bonchev–Trinajstić information content (AvgIpc) is 2.51. The van der Waals surface area contributed by atoms with Crippen molar-refractivity contribution in [3.05, 3.63) is 42.0 Å². The number of carbonyl (C=O) groups excluding carboxylic acids is 2. The molecule has 1 aromatic rings. The van der Waals surface area contributed by atoms with Gasteiger partial charge < -0.3 is 9.47 Å². The summed E-state index contributed by atoms with van der Waals surface area (Å²) in [7, 11) is 0. The molecule has 4 heteroatoms. The van der Waals surface area contributed by atoms with Crippen LogP contribution in [0, 0.1) is 5.41 Å². The summed E-state index contributed by atoms with van der Waals surface area (Å²) in [6.07, 6.45) is 2.39. The van der Waals surface area contributed by atoms with Crippen LogP contribution in [0.1, 0.15) is 43.1 Å². The van der Waals surface area contributed by atoms with E-state index in [4.69, 9.17) is 9.47 Å². The second-order valence-corrected chi connectivity index (χ2v) is 5.34. The molecule has 0 aliphatic carbocycles. The van der Waals surface area contributed by atoms with Crippen LogP contribution >= 0.6 is 0 Å². The third-order valence-electron chi connectivity index (χ3n) is 3.37. The quantitative estimate of drug-likeness (QED) is 0.570. The Morgan fingerprint density at radius 3 is 2.24 bits per heavy atom. The van der Waals surface area contributed by atoms with Crippen molar-refractivity contribution in [2.45, 2.75) is 27.2 Å². The highest BCUT2D eigenvalue weighted by Crippen LogP contribution is 2.21. The zero-order chi connectivity index (χ0) is 15.9. The maximum Gasteiger partial charge on any atom is 0.338 e. The molecule has 0 fully saturated rings. The van der Waals surface area contributed by atoms with Gasteiger partial charge in [-0.05, 0) is 38.0 Å². The molecule has 1 rings (SSSR count). The molecule has 0 aliphatic heterocycles. The Morgan fingerprint density at radius 1 is 1.14 bits per heavy atom. The normalized spacial score (nSPS) is 10.8. The summed E-state index contributed by atoms with van der Waals surface area (Å²) < 4.78 is 10.1. The lowest BCUT2D eigenvalue weighted by Crippen LogP contribution is -2.27. The van der Waals surface area contributed by atoms with Gasteiger partial charge in [-0.2, -0.15) is 0 Å². The number of esters is 2. The van der Waals surface area contributed by atoms with E-state index in [0.29, 0.717) is 12.0 Å². The first kappa shape index (κ1) is 17.0. The number of ether oxygens (including phenoxy) is 2. The van der Waals surface area contributed by atoms with Crippen LogP contribution < -0.4 is 0 Å². The maximum atomic E-state index is 11.8. The second-order valence-electron chi connectivity index (χ2n) is 5.34. The Labute approximate surface area is 125 Å². The maximum absolute atomic E-state index is 11.8. The Balaban J connectivity index is 2.37. The van der Waals surface area contributed by atoms with Crippen LogP contribution in [0.3, 0.4) is 0 Å². The van der Waals surface area contributed by atoms with E-state index in [-0.39, 0.29) is 19.2 Å². The standard InChI is InChI=1S/C17H22O4/c1-5-13-7-9-14(10-8-13)15(18)20-11-12-21-16(19)17(3,4)6-2/h5,7-10H,1,6,11-12H2,2-4H3. The topological polar surface area (TPSA) is 52.6 Å². The molecule has 0 saturated heterocycles. The molecule has 0 aliphatic rings. The molecule has 0 bridgehead atoms. The zero-order valence-electron chi connectivity index (χ0n) is 12.8. The molecule has 0 unspecified atom stereocenters. The van der Waals surface area contributed by atoms with Crippen LogP contribution in [0.25, 0.3) is 6.08 Å². The van der Waals surface area contributed by atoms with Gasteiger partial charge >= 0.3 is 11.9 Å². The molecule has 0 spiro atoms. The van der Waals surface area contributed by atoms with Crippen molar-refractivity contribution in [2.24, 2.45) is 5.41 Å². The minimum atomic E-state index is -0.509. The molecule has 0 radical (unpaired) electrons. The lowest BCUT2D eigenvalue weighted by Gasteiger charge is -2.20. The molecule has 0 N–H and O–H groups in total. The van der Waals surface area contributed by atoms with E-state index in [0.717, 1.165) is 5.56 Å². The van der Waals surface area contributed by atoms with Gasteiger partial charge in [0.05, 0.1) is 11.0 Å². The number of carbonyl (C=O) groups is 2. The number of rotatable bonds is 7. The summed E-state index contributed by atoms with van der Waals surface area (Å²) in [5.74, 6) is -0.715. The van der Waals surface area contributed by atoms with Crippen LogP contribution in [0.2, 0.25) is 0 Å². The molecule has 0 aromatic heterocycles. The molecule has 1 aromatic carbocycles. The number of benzene rings is 1. The molecule has 114 valence electrons. The van der Waals surface area contributed by atoms with Crippen LogP contribution in [-0.2, 0) is 14.3 Å². The van der Waals surface area contributed by atoms with Crippen molar-refractivity contribution in [1.29, 1.82) is 0 Å². The molecule has 21 heavy (non-hydrogen) atoms. The smallest absolute Gasteiger partial charge is 0.338 e. The minimum Gasteiger partial charge on any atom is -0.462 e. The summed E-state index contributed by atoms with van der Waals surface area (Å²) in [5.41, 5.74) is 0.882.